The molecule has 94 valence electrons. The molecule has 0 aliphatic carbocycles. The Morgan fingerprint density at radius 1 is 0.950 bits per heavy atom. The number of carbonyl (C=O) groups excluding carboxylic acids is 1. The molecule has 2 aromatic carbocycles. The fourth-order valence-corrected chi connectivity index (χ4v) is 2.38. The second-order valence-electron chi connectivity index (χ2n) is 4.32. The van der Waals surface area contributed by atoms with Gasteiger partial charge in [-0.25, -0.2) is 0 Å². The molecular weight excluding hydrogens is 265 g/mol. The van der Waals surface area contributed by atoms with Crippen molar-refractivity contribution in [2.45, 2.75) is 6.54 Å². The van der Waals surface area contributed by atoms with Gasteiger partial charge in [-0.15, -0.1) is 0 Å². The fourth-order valence-electron chi connectivity index (χ4n) is 2.38. The maximum Gasteiger partial charge on any atom is 1.00 e. The van der Waals surface area contributed by atoms with Gasteiger partial charge in [0.25, 0.3) is 0 Å². The van der Waals surface area contributed by atoms with Crippen molar-refractivity contribution in [1.29, 1.82) is 0 Å². The molecule has 4 nitrogen and oxygen atoms in total. The van der Waals surface area contributed by atoms with Crippen LogP contribution in [0.25, 0.3) is 21.8 Å². The molecule has 1 heterocycles. The second-order valence-corrected chi connectivity index (χ2v) is 4.32. The number of para-hydroxylation sites is 2. The number of aromatic nitrogens is 1. The van der Waals surface area contributed by atoms with Crippen molar-refractivity contribution in [3.63, 3.8) is 0 Å². The smallest absolute Gasteiger partial charge is 0.548 e. The van der Waals surface area contributed by atoms with Crippen molar-refractivity contribution >= 4 is 27.8 Å². The normalized spacial score (nSPS) is 10.4. The van der Waals surface area contributed by atoms with Gasteiger partial charge in [-0.3, -0.25) is 4.79 Å². The number of benzene rings is 2. The zero-order valence-corrected chi connectivity index (χ0v) is 13.0. The van der Waals surface area contributed by atoms with Gasteiger partial charge in [-0.1, -0.05) is 24.3 Å². The molecule has 3 rings (SSSR count). The van der Waals surface area contributed by atoms with E-state index in [-0.39, 0.29) is 41.5 Å². The standard InChI is InChI=1S/C15H11NO3.Na/c17-14(18)9-16-12-7-3-1-5-10(12)15(19)11-6-2-4-8-13(11)16;/h1-8H,9H2,(H,17,18);/q;+1/p-1. The average Bonchev–Trinajstić information content (AvgIpc) is 2.43. The molecule has 5 heteroatoms. The van der Waals surface area contributed by atoms with Crippen LogP contribution in [0.3, 0.4) is 0 Å². The van der Waals surface area contributed by atoms with Gasteiger partial charge in [0.15, 0.2) is 5.43 Å². The largest absolute Gasteiger partial charge is 1.00 e. The van der Waals surface area contributed by atoms with E-state index in [1.54, 1.807) is 53.1 Å². The summed E-state index contributed by atoms with van der Waals surface area (Å²) in [5, 5.41) is 12.0. The van der Waals surface area contributed by atoms with Crippen LogP contribution in [0.15, 0.2) is 53.3 Å². The topological polar surface area (TPSA) is 62.1 Å². The van der Waals surface area contributed by atoms with E-state index in [9.17, 15) is 14.7 Å². The number of nitrogens with zero attached hydrogens (tertiary/aromatic N) is 1. The molecule has 20 heavy (non-hydrogen) atoms. The quantitative estimate of drug-likeness (QED) is 0.398. The summed E-state index contributed by atoms with van der Waals surface area (Å²) in [6.45, 7) is -0.276. The zero-order valence-electron chi connectivity index (χ0n) is 11.0. The van der Waals surface area contributed by atoms with Gasteiger partial charge in [0.1, 0.15) is 0 Å². The van der Waals surface area contributed by atoms with Crippen LogP contribution in [-0.4, -0.2) is 10.5 Å². The molecule has 0 saturated heterocycles. The Balaban J connectivity index is 0.00000147. The Hall–Kier alpha value is -1.62. The summed E-state index contributed by atoms with van der Waals surface area (Å²) in [5.41, 5.74) is 1.13. The molecule has 0 aliphatic rings. The van der Waals surface area contributed by atoms with Crippen LogP contribution in [0.1, 0.15) is 0 Å². The van der Waals surface area contributed by atoms with Crippen LogP contribution < -0.4 is 40.1 Å². The zero-order chi connectivity index (χ0) is 13.4. The number of rotatable bonds is 2. The Bertz CT molecular complexity index is 794. The van der Waals surface area contributed by atoms with Crippen LogP contribution in [0.4, 0.5) is 0 Å². The van der Waals surface area contributed by atoms with Gasteiger partial charge in [-0.05, 0) is 24.3 Å². The maximum absolute atomic E-state index is 12.3. The van der Waals surface area contributed by atoms with Crippen LogP contribution in [-0.2, 0) is 11.3 Å². The number of hydrogen-bond acceptors (Lipinski definition) is 3. The van der Waals surface area contributed by atoms with Crippen LogP contribution in [0.2, 0.25) is 0 Å². The summed E-state index contributed by atoms with van der Waals surface area (Å²) in [4.78, 5) is 23.3. The van der Waals surface area contributed by atoms with Gasteiger partial charge in [0.05, 0.1) is 23.5 Å². The van der Waals surface area contributed by atoms with E-state index in [0.29, 0.717) is 21.8 Å². The first-order chi connectivity index (χ1) is 9.18. The molecule has 0 fully saturated rings. The number of carboxylic acid groups (broad SMARTS) is 1. The van der Waals surface area contributed by atoms with Gasteiger partial charge >= 0.3 is 29.6 Å². The molecule has 0 saturated carbocycles. The minimum absolute atomic E-state index is 0. The number of aliphatic carboxylic acids is 1. The number of carbonyl (C=O) groups is 1. The van der Waals surface area contributed by atoms with Crippen molar-refractivity contribution in [3.8, 4) is 0 Å². The summed E-state index contributed by atoms with van der Waals surface area (Å²) >= 11 is 0. The monoisotopic (exact) mass is 275 g/mol. The molecule has 0 bridgehead atoms. The van der Waals surface area contributed by atoms with Crippen molar-refractivity contribution in [2.24, 2.45) is 0 Å². The molecular formula is C15H10NNaO3. The average molecular weight is 275 g/mol. The number of hydrogen-bond donors (Lipinski definition) is 0. The number of carboxylic acids is 1. The molecule has 0 atom stereocenters. The predicted molar refractivity (Wildman–Crippen MR) is 70.7 cm³/mol. The molecule has 0 aliphatic heterocycles. The van der Waals surface area contributed by atoms with Gasteiger partial charge in [-0.2, -0.15) is 0 Å². The van der Waals surface area contributed by atoms with E-state index in [1.165, 1.54) is 0 Å². The number of fused-ring (bicyclic) bond motifs is 2. The van der Waals surface area contributed by atoms with E-state index >= 15 is 0 Å². The predicted octanol–water partition coefficient (Wildman–Crippen LogP) is -2.09. The molecule has 1 aromatic heterocycles. The van der Waals surface area contributed by atoms with E-state index in [4.69, 9.17) is 0 Å². The van der Waals surface area contributed by atoms with E-state index in [1.807, 2.05) is 0 Å². The molecule has 3 aromatic rings. The molecule has 0 N–H and O–H groups in total. The van der Waals surface area contributed by atoms with Crippen molar-refractivity contribution in [3.05, 3.63) is 58.8 Å². The van der Waals surface area contributed by atoms with Crippen LogP contribution in [0, 0.1) is 0 Å². The van der Waals surface area contributed by atoms with Crippen LogP contribution >= 0.6 is 0 Å². The van der Waals surface area contributed by atoms with Gasteiger partial charge in [0.2, 0.25) is 0 Å². The summed E-state index contributed by atoms with van der Waals surface area (Å²) in [7, 11) is 0. The first-order valence-electron chi connectivity index (χ1n) is 5.88. The Morgan fingerprint density at radius 3 is 1.85 bits per heavy atom. The third-order valence-corrected chi connectivity index (χ3v) is 3.17. The third kappa shape index (κ3) is 2.38. The minimum atomic E-state index is -1.18. The van der Waals surface area contributed by atoms with E-state index in [2.05, 4.69) is 0 Å². The first-order valence-corrected chi connectivity index (χ1v) is 5.88. The Labute approximate surface area is 136 Å². The summed E-state index contributed by atoms with van der Waals surface area (Å²) < 4.78 is 1.60. The summed E-state index contributed by atoms with van der Waals surface area (Å²) in [6, 6.07) is 14.0. The molecule has 0 spiro atoms. The molecule has 0 unspecified atom stereocenters. The van der Waals surface area contributed by atoms with E-state index < -0.39 is 5.97 Å². The van der Waals surface area contributed by atoms with E-state index in [0.717, 1.165) is 0 Å². The Morgan fingerprint density at radius 2 is 1.40 bits per heavy atom. The molecule has 0 amide bonds. The SMILES string of the molecule is O=C([O-])Cn1c2ccccc2c(=O)c2ccccc21.[Na+]. The first kappa shape index (κ1) is 14.8. The van der Waals surface area contributed by atoms with Crippen LogP contribution in [0.5, 0.6) is 0 Å². The number of pyridine rings is 1. The third-order valence-electron chi connectivity index (χ3n) is 3.17. The molecule has 0 radical (unpaired) electrons. The van der Waals surface area contributed by atoms with Crippen molar-refractivity contribution in [2.75, 3.05) is 0 Å². The summed E-state index contributed by atoms with van der Waals surface area (Å²) in [6.07, 6.45) is 0. The fraction of sp³-hybridized carbons (Fsp3) is 0.0667. The summed E-state index contributed by atoms with van der Waals surface area (Å²) in [5.74, 6) is -1.18. The Kier molecular flexibility index (Phi) is 4.28. The van der Waals surface area contributed by atoms with Gasteiger partial charge < -0.3 is 14.5 Å². The van der Waals surface area contributed by atoms with Crippen molar-refractivity contribution in [1.82, 2.24) is 4.57 Å². The van der Waals surface area contributed by atoms with Crippen molar-refractivity contribution < 1.29 is 39.5 Å². The van der Waals surface area contributed by atoms with Gasteiger partial charge in [0, 0.05) is 10.8 Å². The second kappa shape index (κ2) is 5.79. The minimum Gasteiger partial charge on any atom is -0.548 e. The maximum atomic E-state index is 12.3.